The number of rotatable bonds is 2. The third-order valence-electron chi connectivity index (χ3n) is 2.88. The summed E-state index contributed by atoms with van der Waals surface area (Å²) in [6.45, 7) is 13.6. The fourth-order valence-electron chi connectivity index (χ4n) is 1.88. The van der Waals surface area contributed by atoms with E-state index >= 15 is 0 Å². The summed E-state index contributed by atoms with van der Waals surface area (Å²) in [5.74, 6) is -1.44. The Morgan fingerprint density at radius 1 is 0.909 bits per heavy atom. The molecule has 0 spiro atoms. The fourth-order valence-corrected chi connectivity index (χ4v) is 1.88. The quantitative estimate of drug-likeness (QED) is 0.670. The van der Waals surface area contributed by atoms with Crippen LogP contribution < -0.4 is 0 Å². The van der Waals surface area contributed by atoms with E-state index in [1.165, 1.54) is 0 Å². The lowest BCUT2D eigenvalue weighted by Gasteiger charge is -2.21. The molecule has 0 saturated carbocycles. The van der Waals surface area contributed by atoms with Gasteiger partial charge in [-0.3, -0.25) is 0 Å². The molecule has 1 rings (SSSR count). The predicted octanol–water partition coefficient (Wildman–Crippen LogP) is 3.25. The summed E-state index contributed by atoms with van der Waals surface area (Å²) >= 11 is 0. The van der Waals surface area contributed by atoms with Crippen molar-refractivity contribution < 1.29 is 24.3 Å². The van der Waals surface area contributed by atoms with Crippen molar-refractivity contribution in [3.8, 4) is 0 Å². The van der Waals surface area contributed by atoms with Gasteiger partial charge in [0, 0.05) is 0 Å². The number of aromatic nitrogens is 1. The summed E-state index contributed by atoms with van der Waals surface area (Å²) < 4.78 is 11.3. The van der Waals surface area contributed by atoms with Gasteiger partial charge < -0.3 is 14.7 Å². The van der Waals surface area contributed by atoms with E-state index in [9.17, 15) is 14.8 Å². The Morgan fingerprint density at radius 3 is 1.73 bits per heavy atom. The highest BCUT2D eigenvalue weighted by atomic mass is 16.6. The molecule has 1 aromatic rings. The lowest BCUT2D eigenvalue weighted by Crippen LogP contribution is -2.28. The Kier molecular flexibility index (Phi) is 4.65. The summed E-state index contributed by atoms with van der Waals surface area (Å²) in [5, 5.41) is 10.1. The second kappa shape index (κ2) is 5.66. The maximum atomic E-state index is 12.4. The van der Waals surface area contributed by atoms with Crippen molar-refractivity contribution in [2.75, 3.05) is 0 Å². The van der Waals surface area contributed by atoms with Crippen molar-refractivity contribution in [1.29, 1.82) is 0 Å². The lowest BCUT2D eigenvalue weighted by atomic mass is 10.1. The predicted molar refractivity (Wildman–Crippen MR) is 81.4 cm³/mol. The molecule has 1 heterocycles. The van der Waals surface area contributed by atoms with Gasteiger partial charge in [0.25, 0.3) is 0 Å². The van der Waals surface area contributed by atoms with Gasteiger partial charge in [-0.15, -0.1) is 0 Å². The van der Waals surface area contributed by atoms with Crippen molar-refractivity contribution in [3.63, 3.8) is 0 Å². The number of hydrogen-bond acceptors (Lipinski definition) is 5. The number of nitrogens with zero attached hydrogens (tertiary/aromatic N) is 1. The van der Waals surface area contributed by atoms with Crippen LogP contribution in [0.2, 0.25) is 0 Å². The zero-order valence-electron chi connectivity index (χ0n) is 14.5. The van der Waals surface area contributed by atoms with Crippen molar-refractivity contribution >= 4 is 11.9 Å². The summed E-state index contributed by atoms with van der Waals surface area (Å²) in [6.07, 6.45) is 0. The van der Waals surface area contributed by atoms with Gasteiger partial charge in [-0.25, -0.2) is 9.59 Å². The first-order valence-electron chi connectivity index (χ1n) is 7.12. The average Bonchev–Trinajstić information content (AvgIpc) is 2.49. The fraction of sp³-hybridized carbons (Fsp3) is 0.625. The normalized spacial score (nSPS) is 12.2. The molecule has 0 aliphatic carbocycles. The second-order valence-corrected chi connectivity index (χ2v) is 7.25. The Bertz CT molecular complexity index is 548. The van der Waals surface area contributed by atoms with Crippen LogP contribution in [0.15, 0.2) is 0 Å². The average molecular weight is 311 g/mol. The maximum absolute atomic E-state index is 12.4. The molecule has 0 atom stereocenters. The molecule has 0 aromatic carbocycles. The molecule has 6 heteroatoms. The van der Waals surface area contributed by atoms with E-state index in [1.54, 1.807) is 55.4 Å². The number of carbonyl (C=O) groups is 2. The topological polar surface area (TPSA) is 77.8 Å². The Morgan fingerprint density at radius 2 is 1.32 bits per heavy atom. The van der Waals surface area contributed by atoms with Crippen LogP contribution in [0.4, 0.5) is 0 Å². The van der Waals surface area contributed by atoms with Crippen LogP contribution in [0.3, 0.4) is 0 Å². The smallest absolute Gasteiger partial charge is 0.359 e. The standard InChI is InChI=1S/C16H25NO5/c1-9-10(2)17(20)12(14(19)22-16(6,7)8)11(9)13(18)21-15(3,4)5/h20H,1-8H3. The van der Waals surface area contributed by atoms with E-state index in [0.29, 0.717) is 16.0 Å². The van der Waals surface area contributed by atoms with Crippen molar-refractivity contribution in [3.05, 3.63) is 22.5 Å². The Labute approximate surface area is 131 Å². The van der Waals surface area contributed by atoms with Crippen LogP contribution in [0.1, 0.15) is 73.6 Å². The van der Waals surface area contributed by atoms with Crippen molar-refractivity contribution in [2.24, 2.45) is 0 Å². The molecule has 0 saturated heterocycles. The molecule has 124 valence electrons. The zero-order chi connectivity index (χ0) is 17.5. The summed E-state index contributed by atoms with van der Waals surface area (Å²) in [4.78, 5) is 24.7. The molecule has 0 radical (unpaired) electrons. The minimum atomic E-state index is -0.771. The summed E-state index contributed by atoms with van der Waals surface area (Å²) in [5.41, 5.74) is -0.753. The zero-order valence-corrected chi connectivity index (χ0v) is 14.5. The highest BCUT2D eigenvalue weighted by Crippen LogP contribution is 2.25. The third kappa shape index (κ3) is 4.02. The van der Waals surface area contributed by atoms with E-state index in [2.05, 4.69) is 0 Å². The molecule has 0 fully saturated rings. The van der Waals surface area contributed by atoms with E-state index in [0.717, 1.165) is 0 Å². The number of hydrogen-bond donors (Lipinski definition) is 1. The SMILES string of the molecule is Cc1c(C(=O)OC(C)(C)C)c(C(=O)OC(C)(C)C)n(O)c1C. The van der Waals surface area contributed by atoms with E-state index in [4.69, 9.17) is 9.47 Å². The molecule has 22 heavy (non-hydrogen) atoms. The van der Waals surface area contributed by atoms with Gasteiger partial charge in [0.15, 0.2) is 5.69 Å². The van der Waals surface area contributed by atoms with Gasteiger partial charge >= 0.3 is 11.9 Å². The largest absolute Gasteiger partial charge is 0.456 e. The second-order valence-electron chi connectivity index (χ2n) is 7.25. The van der Waals surface area contributed by atoms with Crippen LogP contribution in [0.25, 0.3) is 0 Å². The minimum Gasteiger partial charge on any atom is -0.456 e. The molecule has 6 nitrogen and oxygen atoms in total. The molecule has 1 aromatic heterocycles. The Hall–Kier alpha value is -1.98. The lowest BCUT2D eigenvalue weighted by molar-refractivity contribution is -0.00120. The van der Waals surface area contributed by atoms with Gasteiger partial charge in [-0.1, -0.05) is 0 Å². The Balaban J connectivity index is 3.37. The number of esters is 2. The van der Waals surface area contributed by atoms with Gasteiger partial charge in [0.2, 0.25) is 0 Å². The van der Waals surface area contributed by atoms with E-state index < -0.39 is 23.1 Å². The van der Waals surface area contributed by atoms with Gasteiger partial charge in [-0.2, -0.15) is 4.73 Å². The van der Waals surface area contributed by atoms with Crippen LogP contribution in [0, 0.1) is 13.8 Å². The van der Waals surface area contributed by atoms with Crippen LogP contribution in [-0.2, 0) is 9.47 Å². The maximum Gasteiger partial charge on any atom is 0.359 e. The van der Waals surface area contributed by atoms with E-state index in [1.807, 2.05) is 0 Å². The first kappa shape index (κ1) is 18.1. The monoisotopic (exact) mass is 311 g/mol. The molecular formula is C16H25NO5. The molecule has 0 aliphatic heterocycles. The summed E-state index contributed by atoms with van der Waals surface area (Å²) in [7, 11) is 0. The van der Waals surface area contributed by atoms with E-state index in [-0.39, 0.29) is 11.3 Å². The van der Waals surface area contributed by atoms with Gasteiger partial charge in [0.05, 0.1) is 11.3 Å². The highest BCUT2D eigenvalue weighted by molar-refractivity contribution is 6.04. The number of ether oxygens (including phenoxy) is 2. The van der Waals surface area contributed by atoms with Crippen LogP contribution in [-0.4, -0.2) is 33.1 Å². The minimum absolute atomic E-state index is 0.0316. The first-order valence-corrected chi connectivity index (χ1v) is 7.12. The van der Waals surface area contributed by atoms with Crippen LogP contribution in [0.5, 0.6) is 0 Å². The molecule has 0 bridgehead atoms. The van der Waals surface area contributed by atoms with Gasteiger partial charge in [-0.05, 0) is 61.0 Å². The highest BCUT2D eigenvalue weighted by Gasteiger charge is 2.33. The van der Waals surface area contributed by atoms with Crippen molar-refractivity contribution in [1.82, 2.24) is 4.73 Å². The third-order valence-corrected chi connectivity index (χ3v) is 2.88. The molecular weight excluding hydrogens is 286 g/mol. The first-order chi connectivity index (χ1) is 9.74. The van der Waals surface area contributed by atoms with Gasteiger partial charge in [0.1, 0.15) is 11.2 Å². The number of carbonyl (C=O) groups excluding carboxylic acids is 2. The van der Waals surface area contributed by atoms with Crippen LogP contribution >= 0.6 is 0 Å². The van der Waals surface area contributed by atoms with Crippen molar-refractivity contribution in [2.45, 2.75) is 66.6 Å². The summed E-state index contributed by atoms with van der Waals surface area (Å²) in [6, 6.07) is 0. The molecule has 1 N–H and O–H groups in total. The molecule has 0 amide bonds. The molecule has 0 unspecified atom stereocenters. The molecule has 0 aliphatic rings.